The molecule has 0 saturated carbocycles. The third kappa shape index (κ3) is 3.04. The van der Waals surface area contributed by atoms with E-state index in [0.29, 0.717) is 44.1 Å². The van der Waals surface area contributed by atoms with Crippen LogP contribution in [0.25, 0.3) is 10.9 Å². The van der Waals surface area contributed by atoms with Crippen molar-refractivity contribution in [1.82, 2.24) is 14.9 Å². The lowest BCUT2D eigenvalue weighted by Crippen LogP contribution is -2.49. The quantitative estimate of drug-likeness (QED) is 0.856. The van der Waals surface area contributed by atoms with Gasteiger partial charge < -0.3 is 19.3 Å². The predicted octanol–water partition coefficient (Wildman–Crippen LogP) is 2.06. The molecule has 0 aliphatic carbocycles. The van der Waals surface area contributed by atoms with E-state index < -0.39 is 5.82 Å². The monoisotopic (exact) mass is 334 g/mol. The van der Waals surface area contributed by atoms with E-state index in [-0.39, 0.29) is 11.8 Å². The Kier molecular flexibility index (Phi) is 4.64. The van der Waals surface area contributed by atoms with Gasteiger partial charge in [0.25, 0.3) is 0 Å². The van der Waals surface area contributed by atoms with Crippen molar-refractivity contribution >= 4 is 22.8 Å². The second kappa shape index (κ2) is 6.86. The standard InChI is InChI=1S/C16H19FN4O3/c1-3-24-16(22)21-6-4-20(5-7-21)15-11-8-14(23-2)12(17)9-13(11)18-10-19-15/h8-10H,3-7H2,1-2H3. The highest BCUT2D eigenvalue weighted by Gasteiger charge is 2.24. The molecule has 24 heavy (non-hydrogen) atoms. The third-order valence-corrected chi connectivity index (χ3v) is 3.99. The summed E-state index contributed by atoms with van der Waals surface area (Å²) in [5.41, 5.74) is 0.520. The van der Waals surface area contributed by atoms with Crippen LogP contribution in [0.4, 0.5) is 15.0 Å². The molecule has 128 valence electrons. The van der Waals surface area contributed by atoms with Gasteiger partial charge in [-0.05, 0) is 13.0 Å². The molecule has 1 aromatic carbocycles. The van der Waals surface area contributed by atoms with Crippen molar-refractivity contribution < 1.29 is 18.7 Å². The van der Waals surface area contributed by atoms with Gasteiger partial charge in [-0.3, -0.25) is 0 Å². The maximum Gasteiger partial charge on any atom is 0.409 e. The minimum Gasteiger partial charge on any atom is -0.494 e. The summed E-state index contributed by atoms with van der Waals surface area (Å²) in [6.07, 6.45) is 1.12. The number of hydrogen-bond acceptors (Lipinski definition) is 6. The number of ether oxygens (including phenoxy) is 2. The first-order valence-electron chi connectivity index (χ1n) is 7.79. The van der Waals surface area contributed by atoms with E-state index in [1.165, 1.54) is 19.5 Å². The second-order valence-electron chi connectivity index (χ2n) is 5.37. The number of rotatable bonds is 3. The Hall–Kier alpha value is -2.64. The van der Waals surface area contributed by atoms with Crippen molar-refractivity contribution in [3.05, 3.63) is 24.3 Å². The fraction of sp³-hybridized carbons (Fsp3) is 0.438. The van der Waals surface area contributed by atoms with Gasteiger partial charge in [0.15, 0.2) is 11.6 Å². The second-order valence-corrected chi connectivity index (χ2v) is 5.37. The van der Waals surface area contributed by atoms with Gasteiger partial charge in [-0.15, -0.1) is 0 Å². The molecule has 8 heteroatoms. The smallest absolute Gasteiger partial charge is 0.409 e. The highest BCUT2D eigenvalue weighted by atomic mass is 19.1. The normalized spacial score (nSPS) is 14.8. The maximum atomic E-state index is 13.8. The summed E-state index contributed by atoms with van der Waals surface area (Å²) in [5.74, 6) is 0.410. The number of nitrogens with zero attached hydrogens (tertiary/aromatic N) is 4. The van der Waals surface area contributed by atoms with Crippen LogP contribution in [0.1, 0.15) is 6.92 Å². The molecule has 0 N–H and O–H groups in total. The van der Waals surface area contributed by atoms with Crippen molar-refractivity contribution in [2.24, 2.45) is 0 Å². The van der Waals surface area contributed by atoms with Gasteiger partial charge in [-0.1, -0.05) is 0 Å². The molecule has 0 bridgehead atoms. The van der Waals surface area contributed by atoms with Gasteiger partial charge >= 0.3 is 6.09 Å². The van der Waals surface area contributed by atoms with Gasteiger partial charge in [-0.2, -0.15) is 0 Å². The van der Waals surface area contributed by atoms with Crippen molar-refractivity contribution in [2.45, 2.75) is 6.92 Å². The topological polar surface area (TPSA) is 67.8 Å². The number of carbonyl (C=O) groups excluding carboxylic acids is 1. The van der Waals surface area contributed by atoms with Crippen LogP contribution in [0.3, 0.4) is 0 Å². The Bertz CT molecular complexity index is 747. The molecule has 3 rings (SSSR count). The van der Waals surface area contributed by atoms with Crippen LogP contribution in [-0.4, -0.2) is 60.9 Å². The number of fused-ring (bicyclic) bond motifs is 1. The Morgan fingerprint density at radius 2 is 2.00 bits per heavy atom. The molecule has 1 saturated heterocycles. The summed E-state index contributed by atoms with van der Waals surface area (Å²) in [6, 6.07) is 2.95. The van der Waals surface area contributed by atoms with Crippen LogP contribution in [0.15, 0.2) is 18.5 Å². The predicted molar refractivity (Wildman–Crippen MR) is 86.9 cm³/mol. The van der Waals surface area contributed by atoms with E-state index in [1.807, 2.05) is 0 Å². The minimum absolute atomic E-state index is 0.156. The number of methoxy groups -OCH3 is 1. The van der Waals surface area contributed by atoms with Gasteiger partial charge in [0.1, 0.15) is 12.1 Å². The zero-order valence-corrected chi connectivity index (χ0v) is 13.7. The number of amides is 1. The van der Waals surface area contributed by atoms with E-state index in [2.05, 4.69) is 14.9 Å². The summed E-state index contributed by atoms with van der Waals surface area (Å²) in [5, 5.41) is 0.723. The third-order valence-electron chi connectivity index (χ3n) is 3.99. The molecule has 1 aliphatic heterocycles. The number of halogens is 1. The first kappa shape index (κ1) is 16.2. The lowest BCUT2D eigenvalue weighted by Gasteiger charge is -2.35. The minimum atomic E-state index is -0.457. The summed E-state index contributed by atoms with van der Waals surface area (Å²) in [7, 11) is 1.42. The average Bonchev–Trinajstić information content (AvgIpc) is 2.61. The molecule has 1 amide bonds. The zero-order chi connectivity index (χ0) is 17.1. The molecule has 0 unspecified atom stereocenters. The van der Waals surface area contributed by atoms with E-state index in [1.54, 1.807) is 17.9 Å². The van der Waals surface area contributed by atoms with E-state index >= 15 is 0 Å². The van der Waals surface area contributed by atoms with Crippen molar-refractivity contribution in [2.75, 3.05) is 44.8 Å². The van der Waals surface area contributed by atoms with E-state index in [9.17, 15) is 9.18 Å². The van der Waals surface area contributed by atoms with E-state index in [0.717, 1.165) is 5.39 Å². The van der Waals surface area contributed by atoms with Crippen molar-refractivity contribution in [1.29, 1.82) is 0 Å². The molecule has 2 heterocycles. The highest BCUT2D eigenvalue weighted by molar-refractivity contribution is 5.90. The van der Waals surface area contributed by atoms with Crippen LogP contribution in [0.2, 0.25) is 0 Å². The Balaban J connectivity index is 1.84. The molecule has 1 aromatic heterocycles. The lowest BCUT2D eigenvalue weighted by atomic mass is 10.2. The summed E-state index contributed by atoms with van der Waals surface area (Å²) >= 11 is 0. The van der Waals surface area contributed by atoms with Crippen LogP contribution in [0.5, 0.6) is 5.75 Å². The molecule has 2 aromatic rings. The fourth-order valence-electron chi connectivity index (χ4n) is 2.77. The number of aromatic nitrogens is 2. The molecular formula is C16H19FN4O3. The average molecular weight is 334 g/mol. The van der Waals surface area contributed by atoms with Crippen molar-refractivity contribution in [3.63, 3.8) is 0 Å². The van der Waals surface area contributed by atoms with Gasteiger partial charge in [0.2, 0.25) is 0 Å². The highest BCUT2D eigenvalue weighted by Crippen LogP contribution is 2.29. The van der Waals surface area contributed by atoms with Crippen LogP contribution in [-0.2, 0) is 4.74 Å². The molecule has 1 fully saturated rings. The molecule has 7 nitrogen and oxygen atoms in total. The maximum absolute atomic E-state index is 13.8. The van der Waals surface area contributed by atoms with E-state index in [4.69, 9.17) is 9.47 Å². The summed E-state index contributed by atoms with van der Waals surface area (Å²) < 4.78 is 23.9. The Morgan fingerprint density at radius 3 is 2.67 bits per heavy atom. The number of anilines is 1. The fourth-order valence-corrected chi connectivity index (χ4v) is 2.77. The molecule has 0 spiro atoms. The Labute approximate surface area is 139 Å². The first-order chi connectivity index (χ1) is 11.6. The lowest BCUT2D eigenvalue weighted by molar-refractivity contribution is 0.105. The van der Waals surface area contributed by atoms with Gasteiger partial charge in [0.05, 0.1) is 19.2 Å². The molecule has 0 atom stereocenters. The number of carbonyl (C=O) groups is 1. The Morgan fingerprint density at radius 1 is 1.25 bits per heavy atom. The van der Waals surface area contributed by atoms with Crippen LogP contribution >= 0.6 is 0 Å². The summed E-state index contributed by atoms with van der Waals surface area (Å²) in [6.45, 7) is 4.47. The number of hydrogen-bond donors (Lipinski definition) is 0. The molecule has 0 radical (unpaired) electrons. The number of benzene rings is 1. The largest absolute Gasteiger partial charge is 0.494 e. The SMILES string of the molecule is CCOC(=O)N1CCN(c2ncnc3cc(F)c(OC)cc23)CC1. The molecular weight excluding hydrogens is 315 g/mol. The van der Waals surface area contributed by atoms with Crippen LogP contribution < -0.4 is 9.64 Å². The van der Waals surface area contributed by atoms with Crippen LogP contribution in [0, 0.1) is 5.82 Å². The summed E-state index contributed by atoms with van der Waals surface area (Å²) in [4.78, 5) is 24.0. The van der Waals surface area contributed by atoms with Gasteiger partial charge in [0, 0.05) is 37.6 Å². The number of piperazine rings is 1. The molecule has 1 aliphatic rings. The van der Waals surface area contributed by atoms with Crippen molar-refractivity contribution in [3.8, 4) is 5.75 Å². The zero-order valence-electron chi connectivity index (χ0n) is 13.7. The van der Waals surface area contributed by atoms with Gasteiger partial charge in [-0.25, -0.2) is 19.2 Å². The first-order valence-corrected chi connectivity index (χ1v) is 7.79.